The van der Waals surface area contributed by atoms with Crippen LogP contribution < -0.4 is 0 Å². The van der Waals surface area contributed by atoms with Gasteiger partial charge < -0.3 is 4.74 Å². The molecule has 0 saturated heterocycles. The van der Waals surface area contributed by atoms with E-state index in [1.165, 1.54) is 0 Å². The number of ketones is 1. The van der Waals surface area contributed by atoms with Crippen molar-refractivity contribution in [2.45, 2.75) is 49.4 Å². The van der Waals surface area contributed by atoms with Gasteiger partial charge in [0.1, 0.15) is 6.61 Å². The van der Waals surface area contributed by atoms with E-state index in [0.717, 1.165) is 38.5 Å². The van der Waals surface area contributed by atoms with Gasteiger partial charge in [0.15, 0.2) is 0 Å². The lowest BCUT2D eigenvalue weighted by atomic mass is 9.54. The Balaban J connectivity index is 1.67. The Labute approximate surface area is 121 Å². The topological polar surface area (TPSA) is 80.7 Å². The predicted molar refractivity (Wildman–Crippen MR) is 68.4 cm³/mol. The molecule has 0 aliphatic heterocycles. The van der Waals surface area contributed by atoms with Crippen molar-refractivity contribution in [1.29, 1.82) is 0 Å². The van der Waals surface area contributed by atoms with Gasteiger partial charge in [-0.15, -0.1) is 0 Å². The highest BCUT2D eigenvalue weighted by atomic mass is 32.2. The lowest BCUT2D eigenvalue weighted by Gasteiger charge is -2.56. The van der Waals surface area contributed by atoms with Gasteiger partial charge in [0.2, 0.25) is 5.78 Å². The predicted octanol–water partition coefficient (Wildman–Crippen LogP) is 2.02. The summed E-state index contributed by atoms with van der Waals surface area (Å²) in [5.41, 5.74) is -0.556. The third kappa shape index (κ3) is 2.61. The minimum Gasteiger partial charge on any atom is -0.367 e. The Hall–Kier alpha value is -0.600. The molecule has 5 nitrogen and oxygen atoms in total. The molecule has 1 N–H and O–H groups in total. The number of rotatable bonds is 5. The minimum absolute atomic E-state index is 0.522. The lowest BCUT2D eigenvalue weighted by molar-refractivity contribution is -0.175. The molecule has 0 atom stereocenters. The van der Waals surface area contributed by atoms with Gasteiger partial charge in [0.25, 0.3) is 0 Å². The van der Waals surface area contributed by atoms with Crippen LogP contribution in [0, 0.1) is 17.8 Å². The zero-order chi connectivity index (χ0) is 15.5. The minimum atomic E-state index is -5.74. The molecule has 4 fully saturated rings. The van der Waals surface area contributed by atoms with E-state index in [1.807, 2.05) is 0 Å². The number of carbonyl (C=O) groups is 1. The van der Waals surface area contributed by atoms with E-state index >= 15 is 0 Å². The molecule has 0 unspecified atom stereocenters. The van der Waals surface area contributed by atoms with Crippen LogP contribution in [0.5, 0.6) is 0 Å². The summed E-state index contributed by atoms with van der Waals surface area (Å²) in [6.45, 7) is -0.973. The van der Waals surface area contributed by atoms with E-state index in [0.29, 0.717) is 17.8 Å². The zero-order valence-electron chi connectivity index (χ0n) is 11.4. The fourth-order valence-electron chi connectivity index (χ4n) is 4.65. The van der Waals surface area contributed by atoms with Crippen LogP contribution in [0.2, 0.25) is 0 Å². The van der Waals surface area contributed by atoms with Crippen molar-refractivity contribution < 1.29 is 31.3 Å². The fraction of sp³-hybridized carbons (Fsp3) is 0.923. The highest BCUT2D eigenvalue weighted by Gasteiger charge is 2.55. The number of hydrogen-bond donors (Lipinski definition) is 1. The summed E-state index contributed by atoms with van der Waals surface area (Å²) in [5, 5.41) is -4.80. The standard InChI is InChI=1S/C13H18F2O5S/c14-13(15,21(17,18)19)11(16)7-20-12-4-8-1-9(5-12)3-10(2-8)6-12/h8-10H,1-7H2,(H,17,18,19). The Bertz CT molecular complexity index is 522. The summed E-state index contributed by atoms with van der Waals surface area (Å²) >= 11 is 0. The summed E-state index contributed by atoms with van der Waals surface area (Å²) in [6.07, 6.45) is 5.67. The van der Waals surface area contributed by atoms with Crippen molar-refractivity contribution in [2.75, 3.05) is 6.61 Å². The second kappa shape index (κ2) is 4.70. The average Bonchev–Trinajstić information content (AvgIpc) is 2.32. The van der Waals surface area contributed by atoms with Gasteiger partial charge in [-0.3, -0.25) is 9.35 Å². The summed E-state index contributed by atoms with van der Waals surface area (Å²) in [4.78, 5) is 11.4. The van der Waals surface area contributed by atoms with Crippen LogP contribution in [0.15, 0.2) is 0 Å². The van der Waals surface area contributed by atoms with Gasteiger partial charge in [0, 0.05) is 0 Å². The van der Waals surface area contributed by atoms with Crippen molar-refractivity contribution in [3.05, 3.63) is 0 Å². The van der Waals surface area contributed by atoms with Crippen molar-refractivity contribution in [1.82, 2.24) is 0 Å². The Kier molecular flexibility index (Phi) is 3.42. The van der Waals surface area contributed by atoms with E-state index in [2.05, 4.69) is 0 Å². The van der Waals surface area contributed by atoms with Crippen LogP contribution >= 0.6 is 0 Å². The molecule has 4 rings (SSSR count). The van der Waals surface area contributed by atoms with Crippen LogP contribution in [-0.4, -0.2) is 36.2 Å². The van der Waals surface area contributed by atoms with Gasteiger partial charge in [-0.05, 0) is 56.3 Å². The molecule has 0 spiro atoms. The lowest BCUT2D eigenvalue weighted by Crippen LogP contribution is -2.53. The maximum absolute atomic E-state index is 13.2. The van der Waals surface area contributed by atoms with E-state index < -0.39 is 33.4 Å². The maximum Gasteiger partial charge on any atom is 0.429 e. The summed E-state index contributed by atoms with van der Waals surface area (Å²) in [6, 6.07) is 0. The molecule has 4 aliphatic rings. The summed E-state index contributed by atoms with van der Waals surface area (Å²) < 4.78 is 61.4. The highest BCUT2D eigenvalue weighted by molar-refractivity contribution is 7.87. The number of halogens is 2. The first-order valence-corrected chi connectivity index (χ1v) is 8.57. The van der Waals surface area contributed by atoms with E-state index in [4.69, 9.17) is 9.29 Å². The first kappa shape index (κ1) is 15.3. The van der Waals surface area contributed by atoms with E-state index in [1.54, 1.807) is 0 Å². The van der Waals surface area contributed by atoms with Gasteiger partial charge in [-0.2, -0.15) is 17.2 Å². The van der Waals surface area contributed by atoms with Crippen LogP contribution in [0.1, 0.15) is 38.5 Å². The molecule has 4 bridgehead atoms. The molecule has 0 heterocycles. The van der Waals surface area contributed by atoms with Gasteiger partial charge >= 0.3 is 15.4 Å². The number of alkyl halides is 2. The molecular formula is C13H18F2O5S. The van der Waals surface area contributed by atoms with Crippen molar-refractivity contribution in [2.24, 2.45) is 17.8 Å². The van der Waals surface area contributed by atoms with Gasteiger partial charge in [-0.25, -0.2) is 0 Å². The monoisotopic (exact) mass is 324 g/mol. The number of carbonyl (C=O) groups excluding carboxylic acids is 1. The summed E-state index contributed by atoms with van der Waals surface area (Å²) in [5.74, 6) is -0.337. The van der Waals surface area contributed by atoms with Crippen LogP contribution in [0.3, 0.4) is 0 Å². The summed E-state index contributed by atoms with van der Waals surface area (Å²) in [7, 11) is -5.74. The molecule has 0 aromatic heterocycles. The molecule has 8 heteroatoms. The van der Waals surface area contributed by atoms with Crippen molar-refractivity contribution in [3.8, 4) is 0 Å². The Morgan fingerprint density at radius 2 is 1.57 bits per heavy atom. The molecule has 4 aliphatic carbocycles. The maximum atomic E-state index is 13.2. The average molecular weight is 324 g/mol. The SMILES string of the molecule is O=C(COC12CC3CC(CC(C3)C1)C2)C(F)(F)S(=O)(=O)O. The fourth-order valence-corrected chi connectivity index (χ4v) is 5.00. The molecule has 21 heavy (non-hydrogen) atoms. The molecule has 0 aromatic carbocycles. The third-order valence-corrected chi connectivity index (χ3v) is 6.02. The van der Waals surface area contributed by atoms with E-state index in [-0.39, 0.29) is 0 Å². The Morgan fingerprint density at radius 1 is 1.14 bits per heavy atom. The molecular weight excluding hydrogens is 306 g/mol. The van der Waals surface area contributed by atoms with Crippen LogP contribution in [0.25, 0.3) is 0 Å². The van der Waals surface area contributed by atoms with Crippen molar-refractivity contribution in [3.63, 3.8) is 0 Å². The van der Waals surface area contributed by atoms with E-state index in [9.17, 15) is 22.0 Å². The Morgan fingerprint density at radius 3 is 1.95 bits per heavy atom. The van der Waals surface area contributed by atoms with Crippen LogP contribution in [-0.2, 0) is 19.6 Å². The smallest absolute Gasteiger partial charge is 0.367 e. The molecule has 0 aromatic rings. The molecule has 0 amide bonds. The molecule has 0 radical (unpaired) electrons. The largest absolute Gasteiger partial charge is 0.429 e. The second-order valence-electron chi connectivity index (χ2n) is 6.80. The quantitative estimate of drug-likeness (QED) is 0.783. The van der Waals surface area contributed by atoms with Crippen LogP contribution in [0.4, 0.5) is 8.78 Å². The second-order valence-corrected chi connectivity index (χ2v) is 8.27. The zero-order valence-corrected chi connectivity index (χ0v) is 12.2. The van der Waals surface area contributed by atoms with Gasteiger partial charge in [0.05, 0.1) is 5.60 Å². The normalized spacial score (nSPS) is 38.7. The molecule has 120 valence electrons. The highest BCUT2D eigenvalue weighted by Crippen LogP contribution is 2.57. The number of ether oxygens (including phenoxy) is 1. The first-order valence-electron chi connectivity index (χ1n) is 7.13. The molecule has 4 saturated carbocycles. The third-order valence-electron chi connectivity index (χ3n) is 5.14. The number of hydrogen-bond acceptors (Lipinski definition) is 4. The van der Waals surface area contributed by atoms with Crippen molar-refractivity contribution >= 4 is 15.9 Å². The number of Topliss-reactive ketones (excluding diaryl/α,β-unsaturated/α-hetero) is 1. The van der Waals surface area contributed by atoms with Gasteiger partial charge in [-0.1, -0.05) is 0 Å². The first-order chi connectivity index (χ1) is 9.61.